The van der Waals surface area contributed by atoms with Crippen molar-refractivity contribution in [1.82, 2.24) is 4.98 Å². The molecular weight excluding hydrogens is 234 g/mol. The van der Waals surface area contributed by atoms with E-state index in [1.54, 1.807) is 0 Å². The van der Waals surface area contributed by atoms with Gasteiger partial charge in [0, 0.05) is 6.20 Å². The first kappa shape index (κ1) is 13.6. The van der Waals surface area contributed by atoms with E-state index in [1.165, 1.54) is 16.7 Å². The zero-order valence-electron chi connectivity index (χ0n) is 11.9. The average molecular weight is 255 g/mol. The molecule has 0 N–H and O–H groups in total. The normalized spacial score (nSPS) is 10.5. The SMILES string of the molecule is CCCc1c(C)cccc1OCc1ncccc1C. The fourth-order valence-corrected chi connectivity index (χ4v) is 2.20. The summed E-state index contributed by atoms with van der Waals surface area (Å²) in [5.41, 5.74) is 4.80. The van der Waals surface area contributed by atoms with Crippen LogP contribution in [0.2, 0.25) is 0 Å². The maximum absolute atomic E-state index is 5.97. The lowest BCUT2D eigenvalue weighted by molar-refractivity contribution is 0.297. The van der Waals surface area contributed by atoms with E-state index < -0.39 is 0 Å². The van der Waals surface area contributed by atoms with Crippen LogP contribution < -0.4 is 4.74 Å². The Morgan fingerprint density at radius 2 is 1.84 bits per heavy atom. The fraction of sp³-hybridized carbons (Fsp3) is 0.353. The average Bonchev–Trinajstić information content (AvgIpc) is 2.41. The number of rotatable bonds is 5. The second kappa shape index (κ2) is 6.37. The Bertz CT molecular complexity index is 549. The Labute approximate surface area is 115 Å². The van der Waals surface area contributed by atoms with Gasteiger partial charge in [-0.3, -0.25) is 4.98 Å². The van der Waals surface area contributed by atoms with E-state index in [1.807, 2.05) is 12.3 Å². The van der Waals surface area contributed by atoms with Gasteiger partial charge in [0.15, 0.2) is 0 Å². The van der Waals surface area contributed by atoms with Gasteiger partial charge in [-0.05, 0) is 49.1 Å². The van der Waals surface area contributed by atoms with Gasteiger partial charge < -0.3 is 4.74 Å². The second-order valence-corrected chi connectivity index (χ2v) is 4.86. The van der Waals surface area contributed by atoms with Gasteiger partial charge in [0.2, 0.25) is 0 Å². The number of nitrogens with zero attached hydrogens (tertiary/aromatic N) is 1. The first-order valence-corrected chi connectivity index (χ1v) is 6.84. The van der Waals surface area contributed by atoms with Crippen LogP contribution in [0.1, 0.15) is 35.7 Å². The molecule has 0 radical (unpaired) electrons. The van der Waals surface area contributed by atoms with Crippen molar-refractivity contribution in [1.29, 1.82) is 0 Å². The molecule has 1 heterocycles. The van der Waals surface area contributed by atoms with Crippen LogP contribution in [0.4, 0.5) is 0 Å². The van der Waals surface area contributed by atoms with Gasteiger partial charge in [0.05, 0.1) is 5.69 Å². The van der Waals surface area contributed by atoms with E-state index in [4.69, 9.17) is 4.74 Å². The van der Waals surface area contributed by atoms with Crippen molar-refractivity contribution in [3.63, 3.8) is 0 Å². The van der Waals surface area contributed by atoms with E-state index in [0.717, 1.165) is 24.3 Å². The van der Waals surface area contributed by atoms with E-state index in [0.29, 0.717) is 6.61 Å². The van der Waals surface area contributed by atoms with Crippen molar-refractivity contribution < 1.29 is 4.74 Å². The lowest BCUT2D eigenvalue weighted by Crippen LogP contribution is -2.03. The smallest absolute Gasteiger partial charge is 0.130 e. The molecule has 0 spiro atoms. The molecule has 0 bridgehead atoms. The fourth-order valence-electron chi connectivity index (χ4n) is 2.20. The molecule has 0 aliphatic heterocycles. The Morgan fingerprint density at radius 3 is 2.58 bits per heavy atom. The van der Waals surface area contributed by atoms with Crippen molar-refractivity contribution >= 4 is 0 Å². The molecule has 2 heteroatoms. The Kier molecular flexibility index (Phi) is 4.56. The van der Waals surface area contributed by atoms with E-state index in [9.17, 15) is 0 Å². The first-order valence-electron chi connectivity index (χ1n) is 6.84. The standard InChI is InChI=1S/C17H21NO/c1-4-7-15-13(2)8-5-10-17(15)19-12-16-14(3)9-6-11-18-16/h5-6,8-11H,4,7,12H2,1-3H3. The van der Waals surface area contributed by atoms with Crippen LogP contribution in [0.5, 0.6) is 5.75 Å². The van der Waals surface area contributed by atoms with Gasteiger partial charge in [0.1, 0.15) is 12.4 Å². The molecule has 2 aromatic rings. The van der Waals surface area contributed by atoms with Crippen LogP contribution in [0.25, 0.3) is 0 Å². The number of hydrogen-bond donors (Lipinski definition) is 0. The molecule has 0 aliphatic carbocycles. The highest BCUT2D eigenvalue weighted by Gasteiger charge is 2.07. The maximum Gasteiger partial charge on any atom is 0.130 e. The maximum atomic E-state index is 5.97. The summed E-state index contributed by atoms with van der Waals surface area (Å²) in [4.78, 5) is 4.37. The summed E-state index contributed by atoms with van der Waals surface area (Å²) in [7, 11) is 0. The molecule has 100 valence electrons. The monoisotopic (exact) mass is 255 g/mol. The lowest BCUT2D eigenvalue weighted by Gasteiger charge is -2.13. The molecule has 0 saturated heterocycles. The molecule has 0 saturated carbocycles. The molecule has 1 aromatic heterocycles. The highest BCUT2D eigenvalue weighted by Crippen LogP contribution is 2.24. The van der Waals surface area contributed by atoms with Crippen LogP contribution in [-0.4, -0.2) is 4.98 Å². The van der Waals surface area contributed by atoms with E-state index >= 15 is 0 Å². The number of aryl methyl sites for hydroxylation is 2. The number of hydrogen-bond acceptors (Lipinski definition) is 2. The summed E-state index contributed by atoms with van der Waals surface area (Å²) in [6, 6.07) is 10.3. The molecule has 1 aromatic carbocycles. The number of pyridine rings is 1. The van der Waals surface area contributed by atoms with Crippen molar-refractivity contribution in [2.24, 2.45) is 0 Å². The third kappa shape index (κ3) is 3.34. The lowest BCUT2D eigenvalue weighted by atomic mass is 10.0. The zero-order valence-corrected chi connectivity index (χ0v) is 11.9. The third-order valence-electron chi connectivity index (χ3n) is 3.35. The molecule has 0 aliphatic rings. The van der Waals surface area contributed by atoms with Crippen molar-refractivity contribution in [3.8, 4) is 5.75 Å². The Hall–Kier alpha value is -1.83. The van der Waals surface area contributed by atoms with Gasteiger partial charge in [0.25, 0.3) is 0 Å². The molecule has 0 atom stereocenters. The minimum Gasteiger partial charge on any atom is -0.487 e. The summed E-state index contributed by atoms with van der Waals surface area (Å²) < 4.78 is 5.97. The van der Waals surface area contributed by atoms with Gasteiger partial charge in [-0.1, -0.05) is 31.5 Å². The predicted octanol–water partition coefficient (Wildman–Crippen LogP) is 4.23. The second-order valence-electron chi connectivity index (χ2n) is 4.86. The predicted molar refractivity (Wildman–Crippen MR) is 78.5 cm³/mol. The molecule has 0 unspecified atom stereocenters. The number of ether oxygens (including phenoxy) is 1. The zero-order chi connectivity index (χ0) is 13.7. The summed E-state index contributed by atoms with van der Waals surface area (Å²) in [6.07, 6.45) is 4.00. The molecule has 2 rings (SSSR count). The molecule has 0 amide bonds. The van der Waals surface area contributed by atoms with Gasteiger partial charge in [-0.25, -0.2) is 0 Å². The van der Waals surface area contributed by atoms with Gasteiger partial charge in [-0.2, -0.15) is 0 Å². The van der Waals surface area contributed by atoms with Gasteiger partial charge >= 0.3 is 0 Å². The quantitative estimate of drug-likeness (QED) is 0.797. The van der Waals surface area contributed by atoms with Crippen LogP contribution in [0.15, 0.2) is 36.5 Å². The number of aromatic nitrogens is 1. The molecule has 19 heavy (non-hydrogen) atoms. The summed E-state index contributed by atoms with van der Waals surface area (Å²) in [6.45, 7) is 6.94. The van der Waals surface area contributed by atoms with Crippen LogP contribution in [0.3, 0.4) is 0 Å². The van der Waals surface area contributed by atoms with Crippen molar-refractivity contribution in [2.75, 3.05) is 0 Å². The first-order chi connectivity index (χ1) is 9.22. The summed E-state index contributed by atoms with van der Waals surface area (Å²) in [5, 5.41) is 0. The summed E-state index contributed by atoms with van der Waals surface area (Å²) >= 11 is 0. The van der Waals surface area contributed by atoms with Gasteiger partial charge in [-0.15, -0.1) is 0 Å². The Balaban J connectivity index is 2.16. The highest BCUT2D eigenvalue weighted by atomic mass is 16.5. The highest BCUT2D eigenvalue weighted by molar-refractivity contribution is 5.39. The minimum absolute atomic E-state index is 0.535. The molecular formula is C17H21NO. The van der Waals surface area contributed by atoms with Crippen molar-refractivity contribution in [3.05, 3.63) is 58.9 Å². The van der Waals surface area contributed by atoms with Crippen LogP contribution in [-0.2, 0) is 13.0 Å². The van der Waals surface area contributed by atoms with Crippen LogP contribution in [0, 0.1) is 13.8 Å². The Morgan fingerprint density at radius 1 is 1.05 bits per heavy atom. The van der Waals surface area contributed by atoms with Crippen molar-refractivity contribution in [2.45, 2.75) is 40.2 Å². The van der Waals surface area contributed by atoms with E-state index in [2.05, 4.69) is 50.0 Å². The van der Waals surface area contributed by atoms with E-state index in [-0.39, 0.29) is 0 Å². The largest absolute Gasteiger partial charge is 0.487 e. The number of benzene rings is 1. The van der Waals surface area contributed by atoms with Crippen LogP contribution >= 0.6 is 0 Å². The molecule has 2 nitrogen and oxygen atoms in total. The topological polar surface area (TPSA) is 22.1 Å². The molecule has 0 fully saturated rings. The summed E-state index contributed by atoms with van der Waals surface area (Å²) in [5.74, 6) is 0.993. The minimum atomic E-state index is 0.535. The third-order valence-corrected chi connectivity index (χ3v) is 3.35.